The van der Waals surface area contributed by atoms with Gasteiger partial charge < -0.3 is 0 Å². The van der Waals surface area contributed by atoms with E-state index in [1.54, 1.807) is 5.57 Å². The summed E-state index contributed by atoms with van der Waals surface area (Å²) in [6.07, 6.45) is 4.78. The maximum absolute atomic E-state index is 4.75. The van der Waals surface area contributed by atoms with Crippen molar-refractivity contribution in [3.63, 3.8) is 0 Å². The standard InChI is InChI=1S/C22H30S6/c1-7-14-10-16-18(22-26-12(5)13(6)27-22)19(25-8-2)15(9-11(3)4)17(21(23)24)20(16)28-14/h9,14,18,22-24H,7-8,10H2,1-6H3. The molecular weight excluding hydrogens is 457 g/mol. The largest absolute Gasteiger partial charge is 0.136 e. The lowest BCUT2D eigenvalue weighted by Gasteiger charge is -2.34. The maximum Gasteiger partial charge on any atom is 0.0702 e. The van der Waals surface area contributed by atoms with Gasteiger partial charge in [0, 0.05) is 30.8 Å². The number of hydrogen-bond acceptors (Lipinski definition) is 6. The SMILES string of the molecule is CCSC1=C(C=C(C)C)C(=C(S)S)C2=C(CC(CC)S2)C1C1SC(C)=C(C)S1. The molecule has 0 aromatic heterocycles. The molecule has 154 valence electrons. The minimum atomic E-state index is 0.488. The molecule has 0 nitrogen and oxygen atoms in total. The Morgan fingerprint density at radius 1 is 1.11 bits per heavy atom. The summed E-state index contributed by atoms with van der Waals surface area (Å²) < 4.78 is 1.40. The van der Waals surface area contributed by atoms with Gasteiger partial charge in [-0.3, -0.25) is 0 Å². The van der Waals surface area contributed by atoms with Crippen molar-refractivity contribution in [3.8, 4) is 0 Å². The van der Waals surface area contributed by atoms with Crippen molar-refractivity contribution in [3.05, 3.63) is 52.2 Å². The van der Waals surface area contributed by atoms with Crippen LogP contribution in [0.1, 0.15) is 54.4 Å². The molecule has 0 saturated carbocycles. The average molecular weight is 487 g/mol. The zero-order chi connectivity index (χ0) is 20.6. The molecule has 0 fully saturated rings. The Bertz CT molecular complexity index is 789. The molecule has 0 N–H and O–H groups in total. The van der Waals surface area contributed by atoms with Crippen LogP contribution in [0.3, 0.4) is 0 Å². The fourth-order valence-electron chi connectivity index (χ4n) is 3.85. The number of thioether (sulfide) groups is 4. The molecule has 0 radical (unpaired) electrons. The molecule has 0 aromatic carbocycles. The Kier molecular flexibility index (Phi) is 8.34. The van der Waals surface area contributed by atoms with E-state index in [0.29, 0.717) is 15.7 Å². The molecule has 2 atom stereocenters. The lowest BCUT2D eigenvalue weighted by atomic mass is 9.84. The Morgan fingerprint density at radius 2 is 1.75 bits per heavy atom. The molecule has 3 aliphatic rings. The molecular formula is C22H30S6. The van der Waals surface area contributed by atoms with E-state index in [1.165, 1.54) is 49.2 Å². The van der Waals surface area contributed by atoms with Crippen LogP contribution < -0.4 is 0 Å². The summed E-state index contributed by atoms with van der Waals surface area (Å²) in [7, 11) is 0. The molecule has 0 amide bonds. The average Bonchev–Trinajstić information content (AvgIpc) is 3.18. The molecule has 0 spiro atoms. The Balaban J connectivity index is 2.20. The molecule has 6 heteroatoms. The van der Waals surface area contributed by atoms with Crippen LogP contribution in [-0.2, 0) is 0 Å². The third-order valence-electron chi connectivity index (χ3n) is 5.21. The summed E-state index contributed by atoms with van der Waals surface area (Å²) in [5.41, 5.74) is 5.61. The normalized spacial score (nSPS) is 25.8. The molecule has 0 saturated heterocycles. The predicted octanol–water partition coefficient (Wildman–Crippen LogP) is 8.89. The van der Waals surface area contributed by atoms with Crippen LogP contribution >= 0.6 is 72.3 Å². The zero-order valence-electron chi connectivity index (χ0n) is 17.5. The fraction of sp³-hybridized carbons (Fsp3) is 0.545. The topological polar surface area (TPSA) is 0 Å². The predicted molar refractivity (Wildman–Crippen MR) is 144 cm³/mol. The summed E-state index contributed by atoms with van der Waals surface area (Å²) in [5.74, 6) is 1.58. The summed E-state index contributed by atoms with van der Waals surface area (Å²) in [5, 5.41) is 0.675. The second kappa shape index (κ2) is 9.95. The Morgan fingerprint density at radius 3 is 2.25 bits per heavy atom. The minimum absolute atomic E-state index is 0.488. The quantitative estimate of drug-likeness (QED) is 0.372. The second-order valence-corrected chi connectivity index (χ2v) is 14.4. The van der Waals surface area contributed by atoms with E-state index in [4.69, 9.17) is 25.3 Å². The minimum Gasteiger partial charge on any atom is -0.136 e. The number of allylic oxidation sites excluding steroid dienone is 8. The maximum atomic E-state index is 4.75. The van der Waals surface area contributed by atoms with Crippen LogP contribution in [0.2, 0.25) is 0 Å². The molecule has 2 aliphatic heterocycles. The van der Waals surface area contributed by atoms with E-state index in [2.05, 4.69) is 82.9 Å². The van der Waals surface area contributed by atoms with Gasteiger partial charge in [0.25, 0.3) is 0 Å². The van der Waals surface area contributed by atoms with Gasteiger partial charge in [0.05, 0.1) is 4.58 Å². The van der Waals surface area contributed by atoms with Crippen molar-refractivity contribution in [2.75, 3.05) is 5.75 Å². The third-order valence-corrected chi connectivity index (χ3v) is 11.3. The van der Waals surface area contributed by atoms with Gasteiger partial charge in [0.2, 0.25) is 0 Å². The van der Waals surface area contributed by atoms with Gasteiger partial charge in [-0.1, -0.05) is 25.5 Å². The molecule has 3 rings (SSSR count). The highest BCUT2D eigenvalue weighted by molar-refractivity contribution is 8.23. The first-order chi connectivity index (χ1) is 13.3. The molecule has 28 heavy (non-hydrogen) atoms. The van der Waals surface area contributed by atoms with E-state index in [-0.39, 0.29) is 0 Å². The summed E-state index contributed by atoms with van der Waals surface area (Å²) in [6, 6.07) is 0. The van der Waals surface area contributed by atoms with Gasteiger partial charge in [0.15, 0.2) is 0 Å². The van der Waals surface area contributed by atoms with E-state index in [9.17, 15) is 0 Å². The molecule has 2 heterocycles. The first-order valence-corrected chi connectivity index (χ1v) is 14.4. The van der Waals surface area contributed by atoms with Crippen LogP contribution in [0.4, 0.5) is 0 Å². The van der Waals surface area contributed by atoms with Crippen molar-refractivity contribution >= 4 is 72.3 Å². The van der Waals surface area contributed by atoms with Gasteiger partial charge in [-0.25, -0.2) is 0 Å². The van der Waals surface area contributed by atoms with Crippen LogP contribution in [0.25, 0.3) is 0 Å². The van der Waals surface area contributed by atoms with E-state index in [0.717, 1.165) is 9.99 Å². The monoisotopic (exact) mass is 486 g/mol. The summed E-state index contributed by atoms with van der Waals surface area (Å²) in [6.45, 7) is 13.5. The van der Waals surface area contributed by atoms with Crippen LogP contribution in [0.5, 0.6) is 0 Å². The highest BCUT2D eigenvalue weighted by Gasteiger charge is 2.44. The van der Waals surface area contributed by atoms with Crippen LogP contribution in [0, 0.1) is 5.92 Å². The van der Waals surface area contributed by atoms with E-state index in [1.807, 2.05) is 11.8 Å². The number of hydrogen-bond donors (Lipinski definition) is 2. The highest BCUT2D eigenvalue weighted by Crippen LogP contribution is 2.62. The van der Waals surface area contributed by atoms with Gasteiger partial charge in [-0.05, 0) is 67.2 Å². The van der Waals surface area contributed by atoms with Crippen LogP contribution in [0.15, 0.2) is 52.2 Å². The smallest absolute Gasteiger partial charge is 0.0702 e. The van der Waals surface area contributed by atoms with Gasteiger partial charge >= 0.3 is 0 Å². The van der Waals surface area contributed by atoms with E-state index >= 15 is 0 Å². The van der Waals surface area contributed by atoms with Crippen molar-refractivity contribution in [2.45, 2.75) is 64.2 Å². The van der Waals surface area contributed by atoms with Crippen LogP contribution in [-0.4, -0.2) is 15.6 Å². The highest BCUT2D eigenvalue weighted by atomic mass is 32.2. The second-order valence-electron chi connectivity index (χ2n) is 7.53. The van der Waals surface area contributed by atoms with Gasteiger partial charge in [-0.15, -0.1) is 72.3 Å². The van der Waals surface area contributed by atoms with Crippen molar-refractivity contribution in [1.29, 1.82) is 0 Å². The Labute approximate surface area is 199 Å². The van der Waals surface area contributed by atoms with Crippen molar-refractivity contribution < 1.29 is 0 Å². The van der Waals surface area contributed by atoms with E-state index < -0.39 is 0 Å². The van der Waals surface area contributed by atoms with Gasteiger partial charge in [0.1, 0.15) is 0 Å². The summed E-state index contributed by atoms with van der Waals surface area (Å²) in [4.78, 5) is 5.98. The molecule has 1 aliphatic carbocycles. The lowest BCUT2D eigenvalue weighted by molar-refractivity contribution is 0.720. The molecule has 2 unspecified atom stereocenters. The van der Waals surface area contributed by atoms with Crippen molar-refractivity contribution in [1.82, 2.24) is 0 Å². The Hall–Kier alpha value is 0.800. The zero-order valence-corrected chi connectivity index (χ0v) is 22.5. The number of rotatable bonds is 5. The third kappa shape index (κ3) is 4.67. The first kappa shape index (κ1) is 23.5. The molecule has 0 bridgehead atoms. The fourth-order valence-corrected chi connectivity index (χ4v) is 10.4. The molecule has 0 aromatic rings. The summed E-state index contributed by atoms with van der Waals surface area (Å²) >= 11 is 17.7. The number of thiol groups is 2. The lowest BCUT2D eigenvalue weighted by Crippen LogP contribution is -2.22. The van der Waals surface area contributed by atoms with Gasteiger partial charge in [-0.2, -0.15) is 0 Å². The first-order valence-electron chi connectivity index (χ1n) is 9.83. The van der Waals surface area contributed by atoms with Crippen molar-refractivity contribution in [2.24, 2.45) is 5.92 Å².